The van der Waals surface area contributed by atoms with Crippen molar-refractivity contribution in [2.75, 3.05) is 0 Å². The molecular weight excluding hydrogens is 254 g/mol. The van der Waals surface area contributed by atoms with E-state index < -0.39 is 0 Å². The summed E-state index contributed by atoms with van der Waals surface area (Å²) in [4.78, 5) is 0. The Hall–Kier alpha value is -1.63. The van der Waals surface area contributed by atoms with E-state index in [4.69, 9.17) is 0 Å². The van der Waals surface area contributed by atoms with Crippen LogP contribution < -0.4 is 4.57 Å². The lowest BCUT2D eigenvalue weighted by atomic mass is 9.81. The predicted octanol–water partition coefficient (Wildman–Crippen LogP) is 4.71. The van der Waals surface area contributed by atoms with E-state index in [1.807, 2.05) is 0 Å². The van der Waals surface area contributed by atoms with Gasteiger partial charge in [-0.05, 0) is 61.4 Å². The molecule has 0 saturated carbocycles. The van der Waals surface area contributed by atoms with Gasteiger partial charge in [-0.15, -0.1) is 0 Å². The van der Waals surface area contributed by atoms with Crippen molar-refractivity contribution < 1.29 is 4.57 Å². The molecule has 1 aromatic carbocycles. The summed E-state index contributed by atoms with van der Waals surface area (Å²) in [7, 11) is 2.14. The quantitative estimate of drug-likeness (QED) is 0.667. The number of pyridine rings is 1. The fourth-order valence-electron chi connectivity index (χ4n) is 3.09. The fraction of sp³-hybridized carbons (Fsp3) is 0.450. The van der Waals surface area contributed by atoms with Crippen LogP contribution in [-0.2, 0) is 12.5 Å². The van der Waals surface area contributed by atoms with Crippen LogP contribution in [0.3, 0.4) is 0 Å². The van der Waals surface area contributed by atoms with E-state index in [0.29, 0.717) is 0 Å². The van der Waals surface area contributed by atoms with Gasteiger partial charge in [0.25, 0.3) is 0 Å². The molecule has 0 saturated heterocycles. The van der Waals surface area contributed by atoms with Gasteiger partial charge in [0.05, 0.1) is 0 Å². The largest absolute Gasteiger partial charge is 0.212 e. The van der Waals surface area contributed by atoms with Gasteiger partial charge in [-0.1, -0.05) is 26.8 Å². The van der Waals surface area contributed by atoms with Crippen LogP contribution in [0.5, 0.6) is 0 Å². The summed E-state index contributed by atoms with van der Waals surface area (Å²) in [6, 6.07) is 7.01. The van der Waals surface area contributed by atoms with E-state index in [1.54, 1.807) is 0 Å². The van der Waals surface area contributed by atoms with Gasteiger partial charge >= 0.3 is 0 Å². The minimum absolute atomic E-state index is 0.171. The first-order valence-electron chi connectivity index (χ1n) is 7.70. The average molecular weight is 282 g/mol. The summed E-state index contributed by atoms with van der Waals surface area (Å²) in [5.41, 5.74) is 9.65. The fourth-order valence-corrected chi connectivity index (χ4v) is 3.09. The molecule has 0 fully saturated rings. The summed E-state index contributed by atoms with van der Waals surface area (Å²) < 4.78 is 2.24. The average Bonchev–Trinajstić information content (AvgIpc) is 2.33. The van der Waals surface area contributed by atoms with Gasteiger partial charge in [-0.3, -0.25) is 0 Å². The molecular formula is C20H28N+. The highest BCUT2D eigenvalue weighted by atomic mass is 14.9. The zero-order valence-electron chi connectivity index (χ0n) is 14.8. The third kappa shape index (κ3) is 3.02. The zero-order chi connectivity index (χ0) is 15.9. The Morgan fingerprint density at radius 2 is 1.38 bits per heavy atom. The first kappa shape index (κ1) is 15.8. The SMILES string of the molecule is Cc1cc(-c2cc(C(C)(C)C)c(C)cc2C)[n+](C)cc1C. The first-order valence-corrected chi connectivity index (χ1v) is 7.70. The van der Waals surface area contributed by atoms with E-state index in [2.05, 4.69) is 84.5 Å². The maximum Gasteiger partial charge on any atom is 0.212 e. The molecule has 2 rings (SSSR count). The van der Waals surface area contributed by atoms with E-state index in [9.17, 15) is 0 Å². The van der Waals surface area contributed by atoms with Crippen LogP contribution in [0.4, 0.5) is 0 Å². The highest BCUT2D eigenvalue weighted by Gasteiger charge is 2.21. The molecule has 1 aromatic heterocycles. The second-order valence-corrected chi connectivity index (χ2v) is 7.37. The Morgan fingerprint density at radius 3 is 1.95 bits per heavy atom. The van der Waals surface area contributed by atoms with Crippen molar-refractivity contribution in [1.29, 1.82) is 0 Å². The number of aromatic nitrogens is 1. The van der Waals surface area contributed by atoms with E-state index in [-0.39, 0.29) is 5.41 Å². The molecule has 0 aliphatic carbocycles. The monoisotopic (exact) mass is 282 g/mol. The van der Waals surface area contributed by atoms with Crippen LogP contribution in [-0.4, -0.2) is 0 Å². The van der Waals surface area contributed by atoms with Gasteiger partial charge in [-0.2, -0.15) is 0 Å². The second kappa shape index (κ2) is 5.29. The Morgan fingerprint density at radius 1 is 0.762 bits per heavy atom. The molecule has 0 radical (unpaired) electrons. The second-order valence-electron chi connectivity index (χ2n) is 7.37. The summed E-state index contributed by atoms with van der Waals surface area (Å²) >= 11 is 0. The highest BCUT2D eigenvalue weighted by molar-refractivity contribution is 5.64. The van der Waals surface area contributed by atoms with Crippen molar-refractivity contribution in [3.63, 3.8) is 0 Å². The van der Waals surface area contributed by atoms with Crippen molar-refractivity contribution in [3.05, 3.63) is 52.2 Å². The van der Waals surface area contributed by atoms with Gasteiger partial charge in [0.1, 0.15) is 7.05 Å². The molecule has 1 heterocycles. The number of nitrogens with zero attached hydrogens (tertiary/aromatic N) is 1. The van der Waals surface area contributed by atoms with Crippen molar-refractivity contribution in [2.45, 2.75) is 53.9 Å². The summed E-state index contributed by atoms with van der Waals surface area (Å²) in [5, 5.41) is 0. The molecule has 0 unspecified atom stereocenters. The van der Waals surface area contributed by atoms with Crippen LogP contribution in [0.15, 0.2) is 24.4 Å². The van der Waals surface area contributed by atoms with Gasteiger partial charge in [0.2, 0.25) is 5.69 Å². The van der Waals surface area contributed by atoms with Crippen molar-refractivity contribution in [3.8, 4) is 11.3 Å². The Labute approximate surface area is 129 Å². The topological polar surface area (TPSA) is 3.88 Å². The molecule has 0 N–H and O–H groups in total. The van der Waals surface area contributed by atoms with E-state index in [0.717, 1.165) is 0 Å². The Bertz CT molecular complexity index is 688. The maximum absolute atomic E-state index is 2.38. The van der Waals surface area contributed by atoms with Crippen molar-refractivity contribution >= 4 is 0 Å². The van der Waals surface area contributed by atoms with E-state index >= 15 is 0 Å². The summed E-state index contributed by atoms with van der Waals surface area (Å²) in [5.74, 6) is 0. The van der Waals surface area contributed by atoms with Gasteiger partial charge in [-0.25, -0.2) is 4.57 Å². The van der Waals surface area contributed by atoms with Crippen molar-refractivity contribution in [2.24, 2.45) is 7.05 Å². The van der Waals surface area contributed by atoms with Crippen LogP contribution in [0, 0.1) is 27.7 Å². The first-order chi connectivity index (χ1) is 9.61. The molecule has 0 aliphatic heterocycles. The smallest absolute Gasteiger partial charge is 0.201 e. The number of benzene rings is 1. The molecule has 1 nitrogen and oxygen atoms in total. The lowest BCUT2D eigenvalue weighted by molar-refractivity contribution is -0.660. The van der Waals surface area contributed by atoms with Gasteiger partial charge in [0, 0.05) is 17.2 Å². The summed E-state index contributed by atoms with van der Waals surface area (Å²) in [6.07, 6.45) is 2.22. The third-order valence-electron chi connectivity index (χ3n) is 4.40. The minimum Gasteiger partial charge on any atom is -0.201 e. The molecule has 0 aliphatic rings. The molecule has 0 amide bonds. The number of hydrogen-bond acceptors (Lipinski definition) is 0. The van der Waals surface area contributed by atoms with Crippen LogP contribution >= 0.6 is 0 Å². The molecule has 1 heteroatoms. The number of rotatable bonds is 1. The molecule has 112 valence electrons. The number of aryl methyl sites for hydroxylation is 5. The molecule has 0 atom stereocenters. The highest BCUT2D eigenvalue weighted by Crippen LogP contribution is 2.32. The van der Waals surface area contributed by atoms with Crippen LogP contribution in [0.1, 0.15) is 48.6 Å². The number of hydrogen-bond donors (Lipinski definition) is 0. The summed E-state index contributed by atoms with van der Waals surface area (Å²) in [6.45, 7) is 15.6. The molecule has 0 spiro atoms. The van der Waals surface area contributed by atoms with Gasteiger partial charge in [0.15, 0.2) is 6.20 Å². The molecule has 21 heavy (non-hydrogen) atoms. The molecule has 0 bridgehead atoms. The standard InChI is InChI=1S/C20H28N/c1-13-10-19(21(8)12-16(13)4)17-11-18(20(5,6)7)15(3)9-14(17)2/h9-12H,1-8H3/q+1. The lowest BCUT2D eigenvalue weighted by Crippen LogP contribution is -2.31. The lowest BCUT2D eigenvalue weighted by Gasteiger charge is -2.23. The predicted molar refractivity (Wildman–Crippen MR) is 90.7 cm³/mol. The normalized spacial score (nSPS) is 11.8. The minimum atomic E-state index is 0.171. The Balaban J connectivity index is 2.73. The maximum atomic E-state index is 2.38. The molecule has 2 aromatic rings. The van der Waals surface area contributed by atoms with E-state index in [1.165, 1.54) is 39.1 Å². The van der Waals surface area contributed by atoms with Crippen molar-refractivity contribution in [1.82, 2.24) is 0 Å². The van der Waals surface area contributed by atoms with Crippen LogP contribution in [0.25, 0.3) is 11.3 Å². The third-order valence-corrected chi connectivity index (χ3v) is 4.40. The van der Waals surface area contributed by atoms with Gasteiger partial charge < -0.3 is 0 Å². The zero-order valence-corrected chi connectivity index (χ0v) is 14.8. The van der Waals surface area contributed by atoms with Crippen LogP contribution in [0.2, 0.25) is 0 Å². The Kier molecular flexibility index (Phi) is 3.97.